The van der Waals surface area contributed by atoms with Gasteiger partial charge in [0.1, 0.15) is 6.10 Å². The number of carbonyl (C=O) groups excluding carboxylic acids is 1. The van der Waals surface area contributed by atoms with E-state index in [0.29, 0.717) is 6.61 Å². The van der Waals surface area contributed by atoms with Crippen LogP contribution in [0.3, 0.4) is 0 Å². The molecule has 0 aromatic rings. The first-order chi connectivity index (χ1) is 23.9. The molecule has 0 spiro atoms. The number of unbranched alkanes of at least 4 members (excludes halogenated alkanes) is 22. The van der Waals surface area contributed by atoms with Gasteiger partial charge in [-0.1, -0.05) is 179 Å². The number of phosphoric acid groups is 1. The second-order valence-electron chi connectivity index (χ2n) is 13.6. The lowest BCUT2D eigenvalue weighted by Gasteiger charge is -2.18. The van der Waals surface area contributed by atoms with E-state index in [1.807, 2.05) is 0 Å². The molecular weight excluding hydrogens is 635 g/mol. The van der Waals surface area contributed by atoms with E-state index in [-0.39, 0.29) is 25.6 Å². The van der Waals surface area contributed by atoms with Crippen LogP contribution in [0.15, 0.2) is 36.5 Å². The topological polar surface area (TPSA) is 102 Å². The molecule has 0 saturated heterocycles. The molecule has 0 unspecified atom stereocenters. The molecule has 2 N–H and O–H groups in total. The Labute approximate surface area is 302 Å². The van der Waals surface area contributed by atoms with E-state index < -0.39 is 13.9 Å². The zero-order valence-electron chi connectivity index (χ0n) is 31.8. The summed E-state index contributed by atoms with van der Waals surface area (Å²) in [6.45, 7) is 4.64. The van der Waals surface area contributed by atoms with E-state index in [1.54, 1.807) is 0 Å². The van der Waals surface area contributed by atoms with Crippen LogP contribution < -0.4 is 0 Å². The first kappa shape index (κ1) is 47.8. The molecule has 1 atom stereocenters. The molecular formula is C41H77O7P. The third-order valence-electron chi connectivity index (χ3n) is 8.70. The summed E-state index contributed by atoms with van der Waals surface area (Å²) in [5, 5.41) is 0. The van der Waals surface area contributed by atoms with Gasteiger partial charge in [-0.2, -0.15) is 0 Å². The zero-order valence-corrected chi connectivity index (χ0v) is 32.7. The van der Waals surface area contributed by atoms with Gasteiger partial charge >= 0.3 is 13.8 Å². The Morgan fingerprint density at radius 2 is 1.02 bits per heavy atom. The molecule has 0 aromatic carbocycles. The molecule has 0 radical (unpaired) electrons. The summed E-state index contributed by atoms with van der Waals surface area (Å²) >= 11 is 0. The molecule has 0 saturated carbocycles. The lowest BCUT2D eigenvalue weighted by molar-refractivity contribution is -0.154. The van der Waals surface area contributed by atoms with Crippen molar-refractivity contribution in [3.8, 4) is 0 Å². The van der Waals surface area contributed by atoms with Crippen LogP contribution in [-0.4, -0.2) is 41.7 Å². The van der Waals surface area contributed by atoms with Crippen molar-refractivity contribution in [2.45, 2.75) is 200 Å². The van der Waals surface area contributed by atoms with Crippen LogP contribution in [0.4, 0.5) is 0 Å². The van der Waals surface area contributed by atoms with Gasteiger partial charge in [-0.15, -0.1) is 0 Å². The first-order valence-corrected chi connectivity index (χ1v) is 21.8. The highest BCUT2D eigenvalue weighted by Gasteiger charge is 2.21. The minimum Gasteiger partial charge on any atom is -0.457 e. The van der Waals surface area contributed by atoms with Gasteiger partial charge in [0.05, 0.1) is 13.2 Å². The van der Waals surface area contributed by atoms with E-state index in [1.165, 1.54) is 103 Å². The van der Waals surface area contributed by atoms with E-state index in [9.17, 15) is 9.36 Å². The van der Waals surface area contributed by atoms with Gasteiger partial charge in [-0.3, -0.25) is 9.32 Å². The second-order valence-corrected chi connectivity index (χ2v) is 14.8. The van der Waals surface area contributed by atoms with Crippen LogP contribution in [-0.2, 0) is 23.4 Å². The lowest BCUT2D eigenvalue weighted by Crippen LogP contribution is -2.28. The van der Waals surface area contributed by atoms with Crippen molar-refractivity contribution >= 4 is 13.8 Å². The number of ether oxygens (including phenoxy) is 2. The predicted octanol–water partition coefficient (Wildman–Crippen LogP) is 12.7. The molecule has 0 amide bonds. The normalized spacial score (nSPS) is 13.0. The monoisotopic (exact) mass is 713 g/mol. The maximum atomic E-state index is 12.4. The minimum atomic E-state index is -4.65. The summed E-state index contributed by atoms with van der Waals surface area (Å²) in [6, 6.07) is 0. The molecule has 0 fully saturated rings. The van der Waals surface area contributed by atoms with Gasteiger partial charge < -0.3 is 19.3 Å². The van der Waals surface area contributed by atoms with E-state index in [2.05, 4.69) is 54.8 Å². The van der Waals surface area contributed by atoms with Crippen LogP contribution in [0, 0.1) is 0 Å². The van der Waals surface area contributed by atoms with E-state index >= 15 is 0 Å². The smallest absolute Gasteiger partial charge is 0.457 e. The quantitative estimate of drug-likeness (QED) is 0.0284. The van der Waals surface area contributed by atoms with Gasteiger partial charge in [-0.05, 0) is 44.9 Å². The molecule has 0 aromatic heterocycles. The molecule has 0 heterocycles. The summed E-state index contributed by atoms with van der Waals surface area (Å²) < 4.78 is 27.0. The van der Waals surface area contributed by atoms with Gasteiger partial charge in [-0.25, -0.2) is 4.57 Å². The van der Waals surface area contributed by atoms with E-state index in [4.69, 9.17) is 19.3 Å². The summed E-state index contributed by atoms with van der Waals surface area (Å²) in [5.74, 6) is -0.378. The Hall–Kier alpha value is -1.24. The van der Waals surface area contributed by atoms with Gasteiger partial charge in [0.25, 0.3) is 0 Å². The molecule has 7 nitrogen and oxygen atoms in total. The van der Waals surface area contributed by atoms with Crippen molar-refractivity contribution in [1.82, 2.24) is 0 Å². The predicted molar refractivity (Wildman–Crippen MR) is 207 cm³/mol. The van der Waals surface area contributed by atoms with Crippen molar-refractivity contribution in [2.24, 2.45) is 0 Å². The van der Waals surface area contributed by atoms with Crippen LogP contribution >= 0.6 is 7.82 Å². The fraction of sp³-hybridized carbons (Fsp3) is 0.829. The largest absolute Gasteiger partial charge is 0.469 e. The average Bonchev–Trinajstić information content (AvgIpc) is 3.07. The summed E-state index contributed by atoms with van der Waals surface area (Å²) in [6.07, 6.45) is 45.7. The van der Waals surface area contributed by atoms with E-state index in [0.717, 1.165) is 70.6 Å². The Morgan fingerprint density at radius 1 is 0.571 bits per heavy atom. The lowest BCUT2D eigenvalue weighted by atomic mass is 10.0. The molecule has 0 rings (SSSR count). The number of carbonyl (C=O) groups is 1. The summed E-state index contributed by atoms with van der Waals surface area (Å²) in [4.78, 5) is 30.6. The molecule has 0 aliphatic heterocycles. The minimum absolute atomic E-state index is 0.0733. The van der Waals surface area contributed by atoms with Crippen LogP contribution in [0.5, 0.6) is 0 Å². The maximum Gasteiger partial charge on any atom is 0.469 e. The third-order valence-corrected chi connectivity index (χ3v) is 9.19. The number of hydrogen-bond donors (Lipinski definition) is 2. The first-order valence-electron chi connectivity index (χ1n) is 20.3. The van der Waals surface area contributed by atoms with Gasteiger partial charge in [0, 0.05) is 13.0 Å². The molecule has 0 bridgehead atoms. The second kappa shape index (κ2) is 38.0. The standard InChI is InChI=1S/C41H77O7P/c1-3-5-7-9-11-13-15-17-19-20-21-23-25-27-29-31-33-35-37-46-38-40(39-47-49(43,44)45)48-41(42)36-34-32-30-28-26-24-22-18-16-14-12-10-8-6-4-2/h6,8,12,14,18,22,40H,3-5,7,9-11,13,15-17,19-21,23-39H2,1-2H3,(H2,43,44,45)/b8-6-,14-12-,22-18-/t40-/m1/s1. The SMILES string of the molecule is CC/C=C\C/C=C\C/C=C\CCCCCCCC(=O)O[C@H](COCCCCCCCCCCCCCCCCCCCC)COP(=O)(O)O. The average molecular weight is 713 g/mol. The maximum absolute atomic E-state index is 12.4. The van der Waals surface area contributed by atoms with Crippen molar-refractivity contribution in [2.75, 3.05) is 19.8 Å². The van der Waals surface area contributed by atoms with Crippen molar-refractivity contribution < 1.29 is 33.1 Å². The summed E-state index contributed by atoms with van der Waals surface area (Å²) in [5.41, 5.74) is 0. The number of hydrogen-bond acceptors (Lipinski definition) is 5. The Morgan fingerprint density at radius 3 is 1.53 bits per heavy atom. The number of phosphoric ester groups is 1. The molecule has 288 valence electrons. The molecule has 0 aliphatic carbocycles. The zero-order chi connectivity index (χ0) is 35.9. The van der Waals surface area contributed by atoms with Crippen molar-refractivity contribution in [3.63, 3.8) is 0 Å². The Bertz CT molecular complexity index is 836. The highest BCUT2D eigenvalue weighted by atomic mass is 31.2. The number of rotatable bonds is 38. The van der Waals surface area contributed by atoms with Crippen LogP contribution in [0.25, 0.3) is 0 Å². The van der Waals surface area contributed by atoms with Crippen LogP contribution in [0.1, 0.15) is 194 Å². The number of allylic oxidation sites excluding steroid dienone is 6. The number of esters is 1. The van der Waals surface area contributed by atoms with Gasteiger partial charge in [0.15, 0.2) is 0 Å². The Balaban J connectivity index is 3.80. The van der Waals surface area contributed by atoms with Crippen molar-refractivity contribution in [1.29, 1.82) is 0 Å². The molecule has 0 aliphatic rings. The Kier molecular flexibility index (Phi) is 37.0. The third kappa shape index (κ3) is 41.1. The highest BCUT2D eigenvalue weighted by molar-refractivity contribution is 7.46. The van der Waals surface area contributed by atoms with Crippen molar-refractivity contribution in [3.05, 3.63) is 36.5 Å². The fourth-order valence-electron chi connectivity index (χ4n) is 5.75. The fourth-order valence-corrected chi connectivity index (χ4v) is 6.11. The summed E-state index contributed by atoms with van der Waals surface area (Å²) in [7, 11) is -4.65. The molecule has 49 heavy (non-hydrogen) atoms. The highest BCUT2D eigenvalue weighted by Crippen LogP contribution is 2.36. The molecule has 8 heteroatoms. The van der Waals surface area contributed by atoms with Gasteiger partial charge in [0.2, 0.25) is 0 Å². The van der Waals surface area contributed by atoms with Crippen LogP contribution in [0.2, 0.25) is 0 Å².